The van der Waals surface area contributed by atoms with Crippen molar-refractivity contribution in [3.05, 3.63) is 35.9 Å². The molecule has 0 spiro atoms. The Hall–Kier alpha value is -0.710. The fourth-order valence-electron chi connectivity index (χ4n) is 3.12. The zero-order valence-corrected chi connectivity index (χ0v) is 15.6. The molecule has 1 amide bonds. The van der Waals surface area contributed by atoms with Crippen molar-refractivity contribution >= 4 is 30.1 Å². The van der Waals surface area contributed by atoms with E-state index in [9.17, 15) is 4.79 Å². The summed E-state index contributed by atoms with van der Waals surface area (Å²) in [7, 11) is 0. The van der Waals surface area contributed by atoms with Crippen molar-refractivity contribution in [3.63, 3.8) is 0 Å². The molecule has 2 N–H and O–H groups in total. The maximum atomic E-state index is 12.7. The van der Waals surface area contributed by atoms with Crippen molar-refractivity contribution in [1.29, 1.82) is 0 Å². The van der Waals surface area contributed by atoms with E-state index in [1.807, 2.05) is 17.8 Å². The average Bonchev–Trinajstić information content (AvgIpc) is 2.55. The summed E-state index contributed by atoms with van der Waals surface area (Å²) in [4.78, 5) is 14.8. The Morgan fingerprint density at radius 3 is 2.61 bits per heavy atom. The number of hydrogen-bond donors (Lipinski definition) is 1. The molecule has 0 saturated carbocycles. The summed E-state index contributed by atoms with van der Waals surface area (Å²) in [6.45, 7) is 3.87. The molecule has 3 nitrogen and oxygen atoms in total. The number of benzene rings is 1. The minimum Gasteiger partial charge on any atom is -0.334 e. The Bertz CT molecular complexity index is 458. The molecule has 23 heavy (non-hydrogen) atoms. The largest absolute Gasteiger partial charge is 0.334 e. The molecule has 2 atom stereocenters. The van der Waals surface area contributed by atoms with Crippen molar-refractivity contribution in [3.8, 4) is 0 Å². The van der Waals surface area contributed by atoms with E-state index >= 15 is 0 Å². The second-order valence-electron chi connectivity index (χ2n) is 5.97. The van der Waals surface area contributed by atoms with Gasteiger partial charge in [0.25, 0.3) is 0 Å². The number of carbonyl (C=O) groups excluding carboxylic acids is 1. The van der Waals surface area contributed by atoms with Crippen LogP contribution >= 0.6 is 24.2 Å². The van der Waals surface area contributed by atoms with E-state index in [-0.39, 0.29) is 18.4 Å². The maximum Gasteiger partial charge on any atom is 0.223 e. The first-order valence-electron chi connectivity index (χ1n) is 8.40. The molecule has 1 fully saturated rings. The quantitative estimate of drug-likeness (QED) is 0.750. The summed E-state index contributed by atoms with van der Waals surface area (Å²) in [5, 5.41) is 0.456. The van der Waals surface area contributed by atoms with Gasteiger partial charge in [-0.05, 0) is 24.9 Å². The molecule has 0 bridgehead atoms. The van der Waals surface area contributed by atoms with Crippen LogP contribution in [0.15, 0.2) is 30.3 Å². The number of carbonyl (C=O) groups is 1. The summed E-state index contributed by atoms with van der Waals surface area (Å²) < 4.78 is 0. The zero-order valence-electron chi connectivity index (χ0n) is 13.9. The molecule has 2 unspecified atom stereocenters. The highest BCUT2D eigenvalue weighted by molar-refractivity contribution is 8.00. The van der Waals surface area contributed by atoms with Crippen LogP contribution in [-0.2, 0) is 4.79 Å². The molecule has 0 aromatic heterocycles. The Labute approximate surface area is 150 Å². The van der Waals surface area contributed by atoms with E-state index in [0.717, 1.165) is 44.5 Å². The van der Waals surface area contributed by atoms with E-state index in [0.29, 0.717) is 17.6 Å². The lowest BCUT2D eigenvalue weighted by Crippen LogP contribution is -2.43. The molecular weight excluding hydrogens is 328 g/mol. The van der Waals surface area contributed by atoms with E-state index in [4.69, 9.17) is 5.73 Å². The van der Waals surface area contributed by atoms with Gasteiger partial charge in [-0.15, -0.1) is 12.4 Å². The van der Waals surface area contributed by atoms with Crippen molar-refractivity contribution in [2.75, 3.05) is 18.8 Å². The summed E-state index contributed by atoms with van der Waals surface area (Å²) in [6, 6.07) is 10.7. The number of hydrogen-bond acceptors (Lipinski definition) is 3. The number of nitrogens with zero attached hydrogens (tertiary/aromatic N) is 1. The first kappa shape index (κ1) is 20.3. The molecule has 1 aromatic rings. The van der Waals surface area contributed by atoms with E-state index in [1.54, 1.807) is 0 Å². The van der Waals surface area contributed by atoms with Crippen LogP contribution in [-0.4, -0.2) is 34.9 Å². The van der Waals surface area contributed by atoms with Crippen molar-refractivity contribution < 1.29 is 4.79 Å². The number of amides is 1. The minimum atomic E-state index is 0. The molecule has 1 heterocycles. The summed E-state index contributed by atoms with van der Waals surface area (Å²) in [6.07, 6.45) is 4.97. The lowest BCUT2D eigenvalue weighted by Gasteiger charge is -2.40. The van der Waals surface area contributed by atoms with Gasteiger partial charge in [-0.25, -0.2) is 0 Å². The smallest absolute Gasteiger partial charge is 0.223 e. The van der Waals surface area contributed by atoms with Gasteiger partial charge in [-0.3, -0.25) is 4.79 Å². The molecule has 5 heteroatoms. The first-order chi connectivity index (χ1) is 10.7. The molecule has 2 rings (SSSR count). The molecule has 0 radical (unpaired) electrons. The summed E-state index contributed by atoms with van der Waals surface area (Å²) >= 11 is 1.97. The fourth-order valence-corrected chi connectivity index (χ4v) is 4.28. The van der Waals surface area contributed by atoms with Gasteiger partial charge >= 0.3 is 0 Å². The zero-order chi connectivity index (χ0) is 15.8. The lowest BCUT2D eigenvalue weighted by atomic mass is 10.0. The van der Waals surface area contributed by atoms with Crippen LogP contribution in [0.1, 0.15) is 50.6 Å². The van der Waals surface area contributed by atoms with Gasteiger partial charge in [0.15, 0.2) is 0 Å². The highest BCUT2D eigenvalue weighted by Crippen LogP contribution is 2.36. The molecule has 1 aliphatic heterocycles. The summed E-state index contributed by atoms with van der Waals surface area (Å²) in [5.74, 6) is 1.36. The molecule has 0 aliphatic carbocycles. The van der Waals surface area contributed by atoms with E-state index < -0.39 is 0 Å². The topological polar surface area (TPSA) is 46.3 Å². The second kappa shape index (κ2) is 11.0. The lowest BCUT2D eigenvalue weighted by molar-refractivity contribution is -0.133. The van der Waals surface area contributed by atoms with Gasteiger partial charge in [0.2, 0.25) is 5.91 Å². The Kier molecular flexibility index (Phi) is 9.68. The van der Waals surface area contributed by atoms with Crippen molar-refractivity contribution in [2.24, 2.45) is 5.73 Å². The monoisotopic (exact) mass is 356 g/mol. The van der Waals surface area contributed by atoms with Gasteiger partial charge in [0, 0.05) is 24.0 Å². The number of thioether (sulfide) groups is 1. The van der Waals surface area contributed by atoms with Crippen molar-refractivity contribution in [2.45, 2.75) is 50.3 Å². The molecule has 1 saturated heterocycles. The van der Waals surface area contributed by atoms with Crippen LogP contribution in [0.3, 0.4) is 0 Å². The third-order valence-electron chi connectivity index (χ3n) is 4.30. The first-order valence-corrected chi connectivity index (χ1v) is 9.45. The fraction of sp³-hybridized carbons (Fsp3) is 0.611. The van der Waals surface area contributed by atoms with Gasteiger partial charge in [-0.1, -0.05) is 50.1 Å². The average molecular weight is 357 g/mol. The highest BCUT2D eigenvalue weighted by Gasteiger charge is 2.32. The minimum absolute atomic E-state index is 0. The van der Waals surface area contributed by atoms with Crippen LogP contribution < -0.4 is 5.73 Å². The molecular formula is C18H29ClN2OS. The van der Waals surface area contributed by atoms with Crippen LogP contribution in [0.5, 0.6) is 0 Å². The van der Waals surface area contributed by atoms with Gasteiger partial charge in [0.1, 0.15) is 0 Å². The third kappa shape index (κ3) is 6.02. The Balaban J connectivity index is 0.00000264. The van der Waals surface area contributed by atoms with Crippen molar-refractivity contribution in [1.82, 2.24) is 4.90 Å². The highest BCUT2D eigenvalue weighted by atomic mass is 35.5. The second-order valence-corrected chi connectivity index (χ2v) is 7.46. The predicted octanol–water partition coefficient (Wildman–Crippen LogP) is 4.02. The SMILES string of the molecule is CC1SCCN(C(=O)CCCCCCN)C1c1ccccc1.Cl. The van der Waals surface area contributed by atoms with Gasteiger partial charge in [0.05, 0.1) is 6.04 Å². The number of halogens is 1. The van der Waals surface area contributed by atoms with Crippen LogP contribution in [0.25, 0.3) is 0 Å². The number of rotatable bonds is 7. The Morgan fingerprint density at radius 1 is 1.22 bits per heavy atom. The van der Waals surface area contributed by atoms with E-state index in [1.165, 1.54) is 5.56 Å². The third-order valence-corrected chi connectivity index (χ3v) is 5.50. The number of nitrogens with two attached hydrogens (primary N) is 1. The standard InChI is InChI=1S/C18H28N2OS.ClH/c1-15-18(16-9-5-4-6-10-16)20(13-14-22-15)17(21)11-7-2-3-8-12-19;/h4-6,9-10,15,18H,2-3,7-8,11-14,19H2,1H3;1H. The normalized spacial score (nSPS) is 20.9. The maximum absolute atomic E-state index is 12.7. The predicted molar refractivity (Wildman–Crippen MR) is 102 cm³/mol. The van der Waals surface area contributed by atoms with Crippen LogP contribution in [0.4, 0.5) is 0 Å². The van der Waals surface area contributed by atoms with Crippen LogP contribution in [0, 0.1) is 0 Å². The van der Waals surface area contributed by atoms with Crippen LogP contribution in [0.2, 0.25) is 0 Å². The summed E-state index contributed by atoms with van der Waals surface area (Å²) in [5.41, 5.74) is 6.77. The molecule has 1 aliphatic rings. The number of unbranched alkanes of at least 4 members (excludes halogenated alkanes) is 3. The van der Waals surface area contributed by atoms with E-state index in [2.05, 4.69) is 36.1 Å². The molecule has 1 aromatic carbocycles. The molecule has 130 valence electrons. The Morgan fingerprint density at radius 2 is 1.91 bits per heavy atom. The van der Waals surface area contributed by atoms with Gasteiger partial charge < -0.3 is 10.6 Å². The van der Waals surface area contributed by atoms with Gasteiger partial charge in [-0.2, -0.15) is 11.8 Å².